The van der Waals surface area contributed by atoms with Crippen molar-refractivity contribution in [3.05, 3.63) is 0 Å². The lowest BCUT2D eigenvalue weighted by Gasteiger charge is -2.25. The highest BCUT2D eigenvalue weighted by Gasteiger charge is 2.20. The Hall–Kier alpha value is 0.500. The van der Waals surface area contributed by atoms with Crippen LogP contribution in [0.3, 0.4) is 0 Å². The van der Waals surface area contributed by atoms with Gasteiger partial charge in [-0.25, -0.2) is 0 Å². The molecule has 4 heteroatoms. The van der Waals surface area contributed by atoms with Gasteiger partial charge in [0.25, 0.3) is 0 Å². The molecule has 0 aliphatic rings. The van der Waals surface area contributed by atoms with Crippen LogP contribution in [0.2, 0.25) is 0 Å². The van der Waals surface area contributed by atoms with E-state index < -0.39 is 0 Å². The van der Waals surface area contributed by atoms with Crippen LogP contribution in [0.5, 0.6) is 0 Å². The van der Waals surface area contributed by atoms with Gasteiger partial charge in [-0.15, -0.1) is 23.2 Å². The number of alkyl halides is 2. The van der Waals surface area contributed by atoms with E-state index in [0.29, 0.717) is 18.3 Å². The highest BCUT2D eigenvalue weighted by atomic mass is 35.5. The van der Waals surface area contributed by atoms with Crippen LogP contribution >= 0.6 is 23.2 Å². The Kier molecular flexibility index (Phi) is 5.45. The monoisotopic (exact) mass is 184 g/mol. The number of rotatable bonds is 5. The maximum Gasteiger partial charge on any atom is 0.0301 e. The van der Waals surface area contributed by atoms with Crippen molar-refractivity contribution >= 4 is 23.2 Å². The Morgan fingerprint density at radius 1 is 1.10 bits per heavy atom. The summed E-state index contributed by atoms with van der Waals surface area (Å²) in [4.78, 5) is 0. The van der Waals surface area contributed by atoms with Gasteiger partial charge in [-0.1, -0.05) is 0 Å². The molecule has 0 amide bonds. The summed E-state index contributed by atoms with van der Waals surface area (Å²) >= 11 is 11.0. The molecule has 0 aromatic heterocycles. The number of hydrogen-bond donors (Lipinski definition) is 2. The molecule has 0 fully saturated rings. The molecule has 0 aromatic carbocycles. The zero-order chi connectivity index (χ0) is 8.04. The molecule has 0 aliphatic carbocycles. The van der Waals surface area contributed by atoms with Crippen molar-refractivity contribution in [3.8, 4) is 0 Å². The first-order chi connectivity index (χ1) is 4.68. The van der Waals surface area contributed by atoms with Gasteiger partial charge in [0.15, 0.2) is 0 Å². The maximum atomic E-state index is 5.82. The van der Waals surface area contributed by atoms with Crippen LogP contribution in [0.25, 0.3) is 0 Å². The van der Waals surface area contributed by atoms with Gasteiger partial charge < -0.3 is 11.5 Å². The molecule has 62 valence electrons. The third kappa shape index (κ3) is 3.62. The second kappa shape index (κ2) is 5.19. The molecular weight excluding hydrogens is 171 g/mol. The molecule has 0 bridgehead atoms. The Morgan fingerprint density at radius 3 is 1.70 bits per heavy atom. The quantitative estimate of drug-likeness (QED) is 0.625. The fourth-order valence-electron chi connectivity index (χ4n) is 0.705. The molecule has 2 nitrogen and oxygen atoms in total. The van der Waals surface area contributed by atoms with Crippen LogP contribution in [0.15, 0.2) is 0 Å². The van der Waals surface area contributed by atoms with Crippen LogP contribution in [0.4, 0.5) is 0 Å². The van der Waals surface area contributed by atoms with E-state index in [-0.39, 0.29) is 5.54 Å². The molecule has 10 heavy (non-hydrogen) atoms. The minimum absolute atomic E-state index is 0.344. The molecular formula is C6H14Cl2N2. The molecule has 0 spiro atoms. The van der Waals surface area contributed by atoms with E-state index in [1.165, 1.54) is 0 Å². The van der Waals surface area contributed by atoms with Crippen LogP contribution in [0.1, 0.15) is 12.8 Å². The maximum absolute atomic E-state index is 5.82. The smallest absolute Gasteiger partial charge is 0.0301 e. The first-order valence-electron chi connectivity index (χ1n) is 3.29. The van der Waals surface area contributed by atoms with E-state index in [1.54, 1.807) is 0 Å². The summed E-state index contributed by atoms with van der Waals surface area (Å²) in [6.45, 7) is 0.451. The van der Waals surface area contributed by atoms with Gasteiger partial charge >= 0.3 is 0 Å². The van der Waals surface area contributed by atoms with Gasteiger partial charge in [-0.3, -0.25) is 0 Å². The number of hydrogen-bond acceptors (Lipinski definition) is 2. The summed E-state index contributed by atoms with van der Waals surface area (Å²) in [7, 11) is 0. The Balaban J connectivity index is 3.69. The minimum atomic E-state index is -0.344. The van der Waals surface area contributed by atoms with E-state index >= 15 is 0 Å². The summed E-state index contributed by atoms with van der Waals surface area (Å²) in [5, 5.41) is 0. The van der Waals surface area contributed by atoms with Crippen LogP contribution in [-0.4, -0.2) is 23.8 Å². The third-order valence-corrected chi connectivity index (χ3v) is 1.97. The van der Waals surface area contributed by atoms with Gasteiger partial charge in [-0.2, -0.15) is 0 Å². The van der Waals surface area contributed by atoms with Crippen molar-refractivity contribution in [2.24, 2.45) is 11.5 Å². The largest absolute Gasteiger partial charge is 0.329 e. The molecule has 4 N–H and O–H groups in total. The summed E-state index contributed by atoms with van der Waals surface area (Å²) in [6, 6.07) is 0. The molecule has 0 atom stereocenters. The standard InChI is InChI=1S/C6H14Cl2N2/c7-3-1-6(10,5-9)2-4-8/h1-5,9-10H2. The van der Waals surface area contributed by atoms with Gasteiger partial charge in [-0.05, 0) is 12.8 Å². The highest BCUT2D eigenvalue weighted by molar-refractivity contribution is 6.18. The Bertz CT molecular complexity index is 81.8. The minimum Gasteiger partial charge on any atom is -0.329 e. The van der Waals surface area contributed by atoms with Gasteiger partial charge in [0, 0.05) is 23.8 Å². The van der Waals surface area contributed by atoms with Crippen LogP contribution < -0.4 is 11.5 Å². The van der Waals surface area contributed by atoms with Gasteiger partial charge in [0.1, 0.15) is 0 Å². The Labute approximate surface area is 71.9 Å². The van der Waals surface area contributed by atoms with E-state index in [4.69, 9.17) is 34.7 Å². The normalized spacial score (nSPS) is 12.0. The topological polar surface area (TPSA) is 52.0 Å². The number of halogens is 2. The van der Waals surface area contributed by atoms with Crippen molar-refractivity contribution in [2.75, 3.05) is 18.3 Å². The molecule has 0 saturated carbocycles. The van der Waals surface area contributed by atoms with Crippen molar-refractivity contribution in [2.45, 2.75) is 18.4 Å². The Morgan fingerprint density at radius 2 is 1.50 bits per heavy atom. The van der Waals surface area contributed by atoms with E-state index in [9.17, 15) is 0 Å². The van der Waals surface area contributed by atoms with Gasteiger partial charge in [0.2, 0.25) is 0 Å². The predicted molar refractivity (Wildman–Crippen MR) is 46.6 cm³/mol. The second-order valence-electron chi connectivity index (χ2n) is 2.44. The van der Waals surface area contributed by atoms with Crippen molar-refractivity contribution < 1.29 is 0 Å². The van der Waals surface area contributed by atoms with E-state index in [2.05, 4.69) is 0 Å². The van der Waals surface area contributed by atoms with Crippen molar-refractivity contribution in [3.63, 3.8) is 0 Å². The van der Waals surface area contributed by atoms with E-state index in [0.717, 1.165) is 12.8 Å². The molecule has 0 unspecified atom stereocenters. The molecule has 0 heterocycles. The predicted octanol–water partition coefficient (Wildman–Crippen LogP) is 0.900. The summed E-state index contributed by atoms with van der Waals surface area (Å²) in [5.41, 5.74) is 10.9. The van der Waals surface area contributed by atoms with Crippen LogP contribution in [0, 0.1) is 0 Å². The summed E-state index contributed by atoms with van der Waals surface area (Å²) < 4.78 is 0. The SMILES string of the molecule is NCC(N)(CCCl)CCCl. The average molecular weight is 185 g/mol. The summed E-state index contributed by atoms with van der Waals surface area (Å²) in [5.74, 6) is 1.09. The lowest BCUT2D eigenvalue weighted by Crippen LogP contribution is -2.47. The number of nitrogens with two attached hydrogens (primary N) is 2. The molecule has 0 radical (unpaired) electrons. The van der Waals surface area contributed by atoms with Gasteiger partial charge in [0.05, 0.1) is 0 Å². The average Bonchev–Trinajstić information content (AvgIpc) is 1.89. The third-order valence-electron chi connectivity index (χ3n) is 1.59. The highest BCUT2D eigenvalue weighted by Crippen LogP contribution is 2.11. The zero-order valence-electron chi connectivity index (χ0n) is 5.95. The van der Waals surface area contributed by atoms with E-state index in [1.807, 2.05) is 0 Å². The molecule has 0 saturated heterocycles. The molecule has 0 rings (SSSR count). The lowest BCUT2D eigenvalue weighted by molar-refractivity contribution is 0.411. The molecule has 0 aliphatic heterocycles. The van der Waals surface area contributed by atoms with Crippen molar-refractivity contribution in [1.82, 2.24) is 0 Å². The lowest BCUT2D eigenvalue weighted by atomic mass is 9.95. The van der Waals surface area contributed by atoms with Crippen molar-refractivity contribution in [1.29, 1.82) is 0 Å². The fourth-order valence-corrected chi connectivity index (χ4v) is 1.46. The second-order valence-corrected chi connectivity index (χ2v) is 3.20. The van der Waals surface area contributed by atoms with Crippen LogP contribution in [-0.2, 0) is 0 Å². The zero-order valence-corrected chi connectivity index (χ0v) is 7.46. The molecule has 0 aromatic rings. The first kappa shape index (κ1) is 10.5. The fraction of sp³-hybridized carbons (Fsp3) is 1.00. The first-order valence-corrected chi connectivity index (χ1v) is 4.36. The summed E-state index contributed by atoms with van der Waals surface area (Å²) in [6.07, 6.45) is 1.47.